The van der Waals surface area contributed by atoms with Crippen LogP contribution in [0, 0.1) is 5.82 Å². The Bertz CT molecular complexity index is 1190. The molecule has 1 aliphatic heterocycles. The molecule has 4 nitrogen and oxygen atoms in total. The van der Waals surface area contributed by atoms with E-state index in [0.717, 1.165) is 30.7 Å². The summed E-state index contributed by atoms with van der Waals surface area (Å²) in [4.78, 5) is 21.7. The molecule has 1 atom stereocenters. The summed E-state index contributed by atoms with van der Waals surface area (Å²) in [5.41, 5.74) is -0.256. The third-order valence-corrected chi connectivity index (χ3v) is 6.56. The van der Waals surface area contributed by atoms with Gasteiger partial charge in [0, 0.05) is 23.5 Å². The van der Waals surface area contributed by atoms with E-state index in [0.29, 0.717) is 36.1 Å². The van der Waals surface area contributed by atoms with E-state index in [2.05, 4.69) is 10.3 Å². The molecule has 1 aromatic carbocycles. The second-order valence-corrected chi connectivity index (χ2v) is 8.75. The van der Waals surface area contributed by atoms with Crippen LogP contribution in [0.25, 0.3) is 0 Å². The fourth-order valence-electron chi connectivity index (χ4n) is 4.59. The van der Waals surface area contributed by atoms with Crippen LogP contribution >= 0.6 is 0 Å². The first-order chi connectivity index (χ1) is 15.7. The van der Waals surface area contributed by atoms with E-state index in [1.807, 2.05) is 18.2 Å². The van der Waals surface area contributed by atoms with Crippen LogP contribution in [-0.2, 0) is 11.7 Å². The Balaban J connectivity index is 1.52. The molecule has 1 aromatic heterocycles. The highest BCUT2D eigenvalue weighted by molar-refractivity contribution is 6.10. The number of aromatic nitrogens is 1. The lowest BCUT2D eigenvalue weighted by molar-refractivity contribution is -0.137. The van der Waals surface area contributed by atoms with Gasteiger partial charge in [-0.2, -0.15) is 13.2 Å². The lowest BCUT2D eigenvalue weighted by Gasteiger charge is -2.39. The fourth-order valence-corrected chi connectivity index (χ4v) is 4.59. The van der Waals surface area contributed by atoms with Crippen LogP contribution in [0.5, 0.6) is 0 Å². The third-order valence-electron chi connectivity index (χ3n) is 6.56. The van der Waals surface area contributed by atoms with E-state index in [4.69, 9.17) is 4.99 Å². The van der Waals surface area contributed by atoms with E-state index in [9.17, 15) is 22.4 Å². The summed E-state index contributed by atoms with van der Waals surface area (Å²) in [5, 5.41) is 3.01. The highest BCUT2D eigenvalue weighted by atomic mass is 19.4. The normalized spacial score (nSPS) is 23.3. The van der Waals surface area contributed by atoms with Gasteiger partial charge < -0.3 is 5.32 Å². The molecule has 170 valence electrons. The third kappa shape index (κ3) is 3.87. The molecule has 1 unspecified atom stereocenters. The van der Waals surface area contributed by atoms with Gasteiger partial charge in [0.1, 0.15) is 11.4 Å². The van der Waals surface area contributed by atoms with Gasteiger partial charge in [-0.05, 0) is 74.1 Å². The molecule has 1 N–H and O–H groups in total. The summed E-state index contributed by atoms with van der Waals surface area (Å²) in [5.74, 6) is -0.774. The zero-order chi connectivity index (χ0) is 23.3. The molecule has 1 saturated carbocycles. The maximum Gasteiger partial charge on any atom is 0.417 e. The largest absolute Gasteiger partial charge is 0.417 e. The molecule has 1 amide bonds. The molecule has 3 aliphatic rings. The van der Waals surface area contributed by atoms with Crippen LogP contribution in [0.3, 0.4) is 0 Å². The minimum absolute atomic E-state index is 0.332. The number of hydrogen-bond acceptors (Lipinski definition) is 3. The molecular weight excluding hydrogens is 434 g/mol. The van der Waals surface area contributed by atoms with E-state index in [-0.39, 0.29) is 5.91 Å². The maximum absolute atomic E-state index is 13.4. The number of dihydropyridines is 1. The number of hydrogen-bond donors (Lipinski definition) is 1. The summed E-state index contributed by atoms with van der Waals surface area (Å²) < 4.78 is 53.4. The summed E-state index contributed by atoms with van der Waals surface area (Å²) in [6.07, 6.45) is 7.00. The lowest BCUT2D eigenvalue weighted by Crippen LogP contribution is -2.45. The topological polar surface area (TPSA) is 54.4 Å². The molecule has 1 fully saturated rings. The number of carbonyl (C=O) groups excluding carboxylic acids is 1. The molecule has 2 heterocycles. The second-order valence-electron chi connectivity index (χ2n) is 8.75. The minimum atomic E-state index is -4.50. The van der Waals surface area contributed by atoms with Gasteiger partial charge in [0.05, 0.1) is 16.8 Å². The van der Waals surface area contributed by atoms with E-state index >= 15 is 0 Å². The number of nitrogens with zero attached hydrogens (tertiary/aromatic N) is 2. The molecule has 0 bridgehead atoms. The zero-order valence-corrected chi connectivity index (χ0v) is 17.6. The van der Waals surface area contributed by atoms with Crippen LogP contribution in [-0.4, -0.2) is 22.1 Å². The van der Waals surface area contributed by atoms with Crippen molar-refractivity contribution in [1.82, 2.24) is 10.3 Å². The van der Waals surface area contributed by atoms with Crippen LogP contribution in [0.2, 0.25) is 0 Å². The van der Waals surface area contributed by atoms with Gasteiger partial charge in [0.25, 0.3) is 5.91 Å². The van der Waals surface area contributed by atoms with Crippen molar-refractivity contribution in [3.8, 4) is 0 Å². The van der Waals surface area contributed by atoms with Crippen LogP contribution in [0.15, 0.2) is 71.5 Å². The zero-order valence-electron chi connectivity index (χ0n) is 17.6. The van der Waals surface area contributed by atoms with Gasteiger partial charge in [0.2, 0.25) is 0 Å². The van der Waals surface area contributed by atoms with Gasteiger partial charge in [-0.1, -0.05) is 12.2 Å². The van der Waals surface area contributed by atoms with Crippen molar-refractivity contribution in [1.29, 1.82) is 0 Å². The van der Waals surface area contributed by atoms with E-state index in [1.165, 1.54) is 30.5 Å². The van der Waals surface area contributed by atoms with Gasteiger partial charge in [-0.3, -0.25) is 14.8 Å². The molecule has 0 radical (unpaired) electrons. The second kappa shape index (κ2) is 7.64. The Morgan fingerprint density at radius 3 is 2.48 bits per heavy atom. The molecular formula is C25H21F4N3O. The first kappa shape index (κ1) is 21.6. The average Bonchev–Trinajstić information content (AvgIpc) is 3.59. The predicted molar refractivity (Wildman–Crippen MR) is 115 cm³/mol. The molecule has 5 rings (SSSR count). The van der Waals surface area contributed by atoms with Crippen molar-refractivity contribution in [2.75, 3.05) is 0 Å². The standard InChI is InChI=1S/C25H21F4N3O/c26-20-7-4-16(5-8-20)22(33)32-23(11-12-23)21-9-6-17-3-1-2-10-24(17,31-21)18-13-19(15-30-14-18)25(27,28)29/h3-9,13-15H,1-2,10-12H2,(H,32,33). The smallest absolute Gasteiger partial charge is 0.341 e. The van der Waals surface area contributed by atoms with Crippen LogP contribution in [0.1, 0.15) is 53.6 Å². The van der Waals surface area contributed by atoms with Gasteiger partial charge in [-0.25, -0.2) is 4.39 Å². The van der Waals surface area contributed by atoms with Crippen molar-refractivity contribution in [2.45, 2.75) is 49.4 Å². The lowest BCUT2D eigenvalue weighted by atomic mass is 9.73. The Morgan fingerprint density at radius 1 is 1.03 bits per heavy atom. The van der Waals surface area contributed by atoms with Crippen molar-refractivity contribution >= 4 is 11.6 Å². The van der Waals surface area contributed by atoms with Crippen LogP contribution < -0.4 is 5.32 Å². The Labute approximate surface area is 188 Å². The monoisotopic (exact) mass is 455 g/mol. The van der Waals surface area contributed by atoms with Crippen molar-refractivity contribution in [3.05, 3.63) is 89.0 Å². The highest BCUT2D eigenvalue weighted by Crippen LogP contribution is 2.48. The number of rotatable bonds is 4. The Hall–Kier alpha value is -3.29. The number of carbonyl (C=O) groups is 1. The average molecular weight is 455 g/mol. The van der Waals surface area contributed by atoms with Crippen molar-refractivity contribution in [2.24, 2.45) is 4.99 Å². The van der Waals surface area contributed by atoms with E-state index in [1.54, 1.807) is 0 Å². The summed E-state index contributed by atoms with van der Waals surface area (Å²) >= 11 is 0. The number of pyridine rings is 1. The van der Waals surface area contributed by atoms with Gasteiger partial charge in [-0.15, -0.1) is 0 Å². The minimum Gasteiger partial charge on any atom is -0.341 e. The molecule has 2 aromatic rings. The van der Waals surface area contributed by atoms with Crippen molar-refractivity contribution < 1.29 is 22.4 Å². The van der Waals surface area contributed by atoms with Gasteiger partial charge >= 0.3 is 6.18 Å². The number of nitrogens with one attached hydrogen (secondary N) is 1. The predicted octanol–water partition coefficient (Wildman–Crippen LogP) is 5.52. The SMILES string of the molecule is O=C(NC1(C2=NC3(c4cncc(C(F)(F)F)c4)CCCC=C3C=C2)CC1)c1ccc(F)cc1. The number of benzene rings is 1. The number of halogens is 4. The molecule has 0 spiro atoms. The van der Waals surface area contributed by atoms with Gasteiger partial charge in [0.15, 0.2) is 0 Å². The molecule has 0 saturated heterocycles. The molecule has 2 aliphatic carbocycles. The fraction of sp³-hybridized carbons (Fsp3) is 0.320. The summed E-state index contributed by atoms with van der Waals surface area (Å²) in [6, 6.07) is 6.40. The first-order valence-electron chi connectivity index (χ1n) is 10.8. The van der Waals surface area contributed by atoms with E-state index < -0.39 is 28.6 Å². The summed E-state index contributed by atoms with van der Waals surface area (Å²) in [7, 11) is 0. The molecule has 8 heteroatoms. The Kier molecular flexibility index (Phi) is 4.99. The number of amides is 1. The number of aliphatic imine (C=N–C) groups is 1. The van der Waals surface area contributed by atoms with Crippen molar-refractivity contribution in [3.63, 3.8) is 0 Å². The first-order valence-corrected chi connectivity index (χ1v) is 10.8. The highest BCUT2D eigenvalue weighted by Gasteiger charge is 2.51. The quantitative estimate of drug-likeness (QED) is 0.618. The van der Waals surface area contributed by atoms with Crippen LogP contribution in [0.4, 0.5) is 17.6 Å². The number of fused-ring (bicyclic) bond motifs is 1. The number of allylic oxidation sites excluding steroid dienone is 1. The molecule has 33 heavy (non-hydrogen) atoms. The Morgan fingerprint density at radius 2 is 1.79 bits per heavy atom. The summed E-state index contributed by atoms with van der Waals surface area (Å²) in [6.45, 7) is 0. The maximum atomic E-state index is 13.4. The number of alkyl halides is 3.